The molecule has 1 aromatic rings. The summed E-state index contributed by atoms with van der Waals surface area (Å²) >= 11 is 0. The molecule has 0 fully saturated rings. The molecule has 11 heavy (non-hydrogen) atoms. The van der Waals surface area contributed by atoms with Crippen molar-refractivity contribution in [2.75, 3.05) is 0 Å². The third kappa shape index (κ3) is 2.52. The summed E-state index contributed by atoms with van der Waals surface area (Å²) in [4.78, 5) is 7.19. The number of hydrogen-bond donors (Lipinski definition) is 2. The predicted molar refractivity (Wildman–Crippen MR) is 47.8 cm³/mol. The number of nitrogens with two attached hydrogens (primary N) is 1. The van der Waals surface area contributed by atoms with Gasteiger partial charge in [0.1, 0.15) is 5.82 Å². The van der Waals surface area contributed by atoms with Gasteiger partial charge in [-0.2, -0.15) is 0 Å². The van der Waals surface area contributed by atoms with Crippen LogP contribution in [-0.4, -0.2) is 9.97 Å². The van der Waals surface area contributed by atoms with Gasteiger partial charge < -0.3 is 10.7 Å². The molecule has 0 atom stereocenters. The topological polar surface area (TPSA) is 54.7 Å². The van der Waals surface area contributed by atoms with Crippen molar-refractivity contribution in [1.82, 2.24) is 9.97 Å². The van der Waals surface area contributed by atoms with Crippen molar-refractivity contribution in [3.63, 3.8) is 0 Å². The second-order valence-corrected chi connectivity index (χ2v) is 3.14. The standard InChI is InChI=1S/C7H13N3.ClH/c1-5-4-9-6(10-5)7(2,3)8;/h4H,8H2,1-3H3,(H,9,10);1H. The maximum atomic E-state index is 5.78. The predicted octanol–water partition coefficient (Wildman–Crippen LogP) is 1.33. The zero-order valence-corrected chi connectivity index (χ0v) is 7.83. The lowest BCUT2D eigenvalue weighted by Gasteiger charge is -2.14. The van der Waals surface area contributed by atoms with Crippen LogP contribution < -0.4 is 5.73 Å². The highest BCUT2D eigenvalue weighted by Gasteiger charge is 2.16. The molecular weight excluding hydrogens is 162 g/mol. The van der Waals surface area contributed by atoms with Crippen LogP contribution in [-0.2, 0) is 5.54 Å². The zero-order chi connectivity index (χ0) is 7.78. The van der Waals surface area contributed by atoms with E-state index in [0.29, 0.717) is 0 Å². The van der Waals surface area contributed by atoms with E-state index in [4.69, 9.17) is 5.73 Å². The third-order valence-electron chi connectivity index (χ3n) is 1.31. The molecule has 0 spiro atoms. The Morgan fingerprint density at radius 3 is 2.27 bits per heavy atom. The van der Waals surface area contributed by atoms with Gasteiger partial charge in [-0.25, -0.2) is 4.98 Å². The second kappa shape index (κ2) is 3.24. The fraction of sp³-hybridized carbons (Fsp3) is 0.571. The van der Waals surface area contributed by atoms with Gasteiger partial charge in [0.25, 0.3) is 0 Å². The number of aromatic amines is 1. The van der Waals surface area contributed by atoms with Gasteiger partial charge in [0.05, 0.1) is 5.54 Å². The average molecular weight is 176 g/mol. The molecule has 0 saturated carbocycles. The van der Waals surface area contributed by atoms with Gasteiger partial charge in [-0.1, -0.05) is 0 Å². The van der Waals surface area contributed by atoms with Crippen molar-refractivity contribution < 1.29 is 0 Å². The number of aryl methyl sites for hydroxylation is 1. The van der Waals surface area contributed by atoms with Gasteiger partial charge in [-0.3, -0.25) is 0 Å². The molecule has 3 N–H and O–H groups in total. The van der Waals surface area contributed by atoms with E-state index in [2.05, 4.69) is 9.97 Å². The maximum absolute atomic E-state index is 5.78. The van der Waals surface area contributed by atoms with Crippen LogP contribution in [0, 0.1) is 6.92 Å². The van der Waals surface area contributed by atoms with Crippen LogP contribution in [0.2, 0.25) is 0 Å². The van der Waals surface area contributed by atoms with E-state index in [9.17, 15) is 0 Å². The molecule has 1 heterocycles. The van der Waals surface area contributed by atoms with Crippen molar-refractivity contribution in [3.05, 3.63) is 17.7 Å². The van der Waals surface area contributed by atoms with E-state index < -0.39 is 0 Å². The Hall–Kier alpha value is -0.540. The summed E-state index contributed by atoms with van der Waals surface area (Å²) in [6, 6.07) is 0. The fourth-order valence-corrected chi connectivity index (χ4v) is 0.740. The highest BCUT2D eigenvalue weighted by Crippen LogP contribution is 2.11. The van der Waals surface area contributed by atoms with Gasteiger partial charge >= 0.3 is 0 Å². The smallest absolute Gasteiger partial charge is 0.125 e. The molecule has 0 aliphatic heterocycles. The summed E-state index contributed by atoms with van der Waals surface area (Å²) in [6.07, 6.45) is 1.78. The van der Waals surface area contributed by atoms with E-state index in [1.165, 1.54) is 0 Å². The van der Waals surface area contributed by atoms with Crippen LogP contribution >= 0.6 is 12.4 Å². The highest BCUT2D eigenvalue weighted by molar-refractivity contribution is 5.85. The first-order valence-electron chi connectivity index (χ1n) is 3.31. The van der Waals surface area contributed by atoms with Gasteiger partial charge in [-0.05, 0) is 20.8 Å². The summed E-state index contributed by atoms with van der Waals surface area (Å²) in [5.41, 5.74) is 6.47. The third-order valence-corrected chi connectivity index (χ3v) is 1.31. The molecule has 0 bridgehead atoms. The van der Waals surface area contributed by atoms with Gasteiger partial charge in [0, 0.05) is 11.9 Å². The first-order valence-corrected chi connectivity index (χ1v) is 3.31. The molecule has 1 rings (SSSR count). The van der Waals surface area contributed by atoms with E-state index >= 15 is 0 Å². The lowest BCUT2D eigenvalue weighted by Crippen LogP contribution is -2.30. The Bertz CT molecular complexity index is 224. The van der Waals surface area contributed by atoms with Crippen molar-refractivity contribution in [3.8, 4) is 0 Å². The molecule has 0 aromatic carbocycles. The van der Waals surface area contributed by atoms with Gasteiger partial charge in [0.2, 0.25) is 0 Å². The molecule has 0 unspecified atom stereocenters. The SMILES string of the molecule is Cc1cnc(C(C)(C)N)[nH]1.Cl. The van der Waals surface area contributed by atoms with Gasteiger partial charge in [-0.15, -0.1) is 12.4 Å². The number of halogens is 1. The van der Waals surface area contributed by atoms with Crippen LogP contribution in [0.3, 0.4) is 0 Å². The molecule has 3 nitrogen and oxygen atoms in total. The van der Waals surface area contributed by atoms with Crippen molar-refractivity contribution >= 4 is 12.4 Å². The van der Waals surface area contributed by atoms with Crippen LogP contribution in [0.15, 0.2) is 6.20 Å². The molecule has 0 radical (unpaired) electrons. The first-order chi connectivity index (χ1) is 4.50. The van der Waals surface area contributed by atoms with Crippen molar-refractivity contribution in [1.29, 1.82) is 0 Å². The highest BCUT2D eigenvalue weighted by atomic mass is 35.5. The molecule has 0 aliphatic carbocycles. The van der Waals surface area contributed by atoms with Crippen LogP contribution in [0.5, 0.6) is 0 Å². The first kappa shape index (κ1) is 10.5. The summed E-state index contributed by atoms with van der Waals surface area (Å²) in [6.45, 7) is 5.80. The Kier molecular flexibility index (Phi) is 3.08. The van der Waals surface area contributed by atoms with Gasteiger partial charge in [0.15, 0.2) is 0 Å². The van der Waals surface area contributed by atoms with E-state index in [1.807, 2.05) is 20.8 Å². The molecular formula is C7H14ClN3. The number of rotatable bonds is 1. The van der Waals surface area contributed by atoms with Crippen molar-refractivity contribution in [2.45, 2.75) is 26.3 Å². The van der Waals surface area contributed by atoms with Crippen molar-refractivity contribution in [2.24, 2.45) is 5.73 Å². The summed E-state index contributed by atoms with van der Waals surface area (Å²) in [7, 11) is 0. The number of nitrogens with one attached hydrogen (secondary N) is 1. The van der Waals surface area contributed by atoms with E-state index in [1.54, 1.807) is 6.20 Å². The van der Waals surface area contributed by atoms with Crippen LogP contribution in [0.25, 0.3) is 0 Å². The number of H-pyrrole nitrogens is 1. The minimum atomic E-state index is -0.353. The summed E-state index contributed by atoms with van der Waals surface area (Å²) in [5.74, 6) is 0.838. The summed E-state index contributed by atoms with van der Waals surface area (Å²) in [5, 5.41) is 0. The molecule has 64 valence electrons. The molecule has 0 saturated heterocycles. The molecule has 0 amide bonds. The minimum Gasteiger partial charge on any atom is -0.345 e. The normalized spacial score (nSPS) is 10.9. The Labute approximate surface area is 72.8 Å². The number of nitrogens with zero attached hydrogens (tertiary/aromatic N) is 1. The quantitative estimate of drug-likeness (QED) is 0.677. The lowest BCUT2D eigenvalue weighted by atomic mass is 10.1. The molecule has 0 aliphatic rings. The number of hydrogen-bond acceptors (Lipinski definition) is 2. The monoisotopic (exact) mass is 175 g/mol. The van der Waals surface area contributed by atoms with E-state index in [-0.39, 0.29) is 17.9 Å². The second-order valence-electron chi connectivity index (χ2n) is 3.14. The summed E-state index contributed by atoms with van der Waals surface area (Å²) < 4.78 is 0. The molecule has 4 heteroatoms. The fourth-order valence-electron chi connectivity index (χ4n) is 0.740. The number of imidazole rings is 1. The maximum Gasteiger partial charge on any atom is 0.125 e. The average Bonchev–Trinajstić information content (AvgIpc) is 2.11. The minimum absolute atomic E-state index is 0. The Morgan fingerprint density at radius 2 is 2.09 bits per heavy atom. The largest absolute Gasteiger partial charge is 0.345 e. The Balaban J connectivity index is 0.000001000. The van der Waals surface area contributed by atoms with Crippen LogP contribution in [0.4, 0.5) is 0 Å². The Morgan fingerprint density at radius 1 is 1.55 bits per heavy atom. The molecule has 1 aromatic heterocycles. The lowest BCUT2D eigenvalue weighted by molar-refractivity contribution is 0.519. The number of aromatic nitrogens is 2. The zero-order valence-electron chi connectivity index (χ0n) is 7.01. The van der Waals surface area contributed by atoms with Crippen LogP contribution in [0.1, 0.15) is 25.4 Å². The van der Waals surface area contributed by atoms with E-state index in [0.717, 1.165) is 11.5 Å².